The summed E-state index contributed by atoms with van der Waals surface area (Å²) < 4.78 is 30.3. The molecule has 0 aliphatic carbocycles. The topological polar surface area (TPSA) is 75.7 Å². The molecular weight excluding hydrogens is 352 g/mol. The molecule has 6 nitrogen and oxygen atoms in total. The molecule has 0 fully saturated rings. The Kier molecular flexibility index (Phi) is 6.63. The van der Waals surface area contributed by atoms with E-state index in [1.54, 1.807) is 24.3 Å². The van der Waals surface area contributed by atoms with Gasteiger partial charge in [-0.15, -0.1) is 0 Å². The van der Waals surface area contributed by atoms with Gasteiger partial charge in [-0.25, -0.2) is 8.42 Å². The molecule has 0 heterocycles. The zero-order valence-electron chi connectivity index (χ0n) is 15.2. The minimum atomic E-state index is -3.59. The van der Waals surface area contributed by atoms with Gasteiger partial charge in [0.05, 0.1) is 19.1 Å². The Morgan fingerprint density at radius 2 is 1.73 bits per heavy atom. The predicted molar refractivity (Wildman–Crippen MR) is 103 cm³/mol. The Bertz CT molecular complexity index is 820. The molecule has 0 spiro atoms. The van der Waals surface area contributed by atoms with E-state index in [0.29, 0.717) is 18.0 Å². The summed E-state index contributed by atoms with van der Waals surface area (Å²) in [5, 5.41) is 2.81. The molecule has 0 radical (unpaired) electrons. The lowest BCUT2D eigenvalue weighted by molar-refractivity contribution is -0.119. The van der Waals surface area contributed by atoms with Crippen LogP contribution in [0.3, 0.4) is 0 Å². The van der Waals surface area contributed by atoms with E-state index >= 15 is 0 Å². The molecule has 0 aliphatic heterocycles. The smallest absolute Gasteiger partial charge is 0.240 e. The van der Waals surface area contributed by atoms with E-state index in [1.165, 1.54) is 7.11 Å². The highest BCUT2D eigenvalue weighted by molar-refractivity contribution is 7.92. The Labute approximate surface area is 154 Å². The first-order valence-corrected chi connectivity index (χ1v) is 10.1. The number of sulfonamides is 1. The molecule has 2 rings (SSSR count). The number of nitrogens with one attached hydrogen (secondary N) is 1. The number of anilines is 1. The number of hydrogen-bond acceptors (Lipinski definition) is 4. The summed E-state index contributed by atoms with van der Waals surface area (Å²) in [4.78, 5) is 12.3. The van der Waals surface area contributed by atoms with Crippen molar-refractivity contribution in [3.63, 3.8) is 0 Å². The van der Waals surface area contributed by atoms with Gasteiger partial charge in [0.15, 0.2) is 0 Å². The van der Waals surface area contributed by atoms with E-state index in [2.05, 4.69) is 5.32 Å². The highest BCUT2D eigenvalue weighted by Crippen LogP contribution is 2.21. The third-order valence-corrected chi connectivity index (χ3v) is 5.16. The SMILES string of the molecule is COc1ccc(N(CC(=O)NC[C@@H](C)c2ccccc2)S(C)(=O)=O)cc1. The number of nitrogens with zero attached hydrogens (tertiary/aromatic N) is 1. The molecular formula is C19H24N2O4S. The normalized spacial score (nSPS) is 12.3. The predicted octanol–water partition coefficient (Wildman–Crippen LogP) is 2.38. The number of carbonyl (C=O) groups excluding carboxylic acids is 1. The summed E-state index contributed by atoms with van der Waals surface area (Å²) in [6, 6.07) is 16.4. The van der Waals surface area contributed by atoms with Gasteiger partial charge in [-0.1, -0.05) is 37.3 Å². The molecule has 2 aromatic carbocycles. The molecule has 140 valence electrons. The summed E-state index contributed by atoms with van der Waals surface area (Å²) in [5.41, 5.74) is 1.53. The summed E-state index contributed by atoms with van der Waals surface area (Å²) in [6.45, 7) is 2.17. The highest BCUT2D eigenvalue weighted by Gasteiger charge is 2.21. The molecule has 0 saturated carbocycles. The van der Waals surface area contributed by atoms with E-state index in [9.17, 15) is 13.2 Å². The van der Waals surface area contributed by atoms with Gasteiger partial charge in [0.1, 0.15) is 12.3 Å². The van der Waals surface area contributed by atoms with Crippen LogP contribution in [-0.4, -0.2) is 40.8 Å². The van der Waals surface area contributed by atoms with Crippen molar-refractivity contribution in [2.75, 3.05) is 30.8 Å². The van der Waals surface area contributed by atoms with Crippen molar-refractivity contribution in [3.8, 4) is 5.75 Å². The molecule has 26 heavy (non-hydrogen) atoms. The molecule has 2 aromatic rings. The fourth-order valence-corrected chi connectivity index (χ4v) is 3.36. The van der Waals surface area contributed by atoms with E-state index in [-0.39, 0.29) is 18.4 Å². The molecule has 1 atom stereocenters. The molecule has 1 N–H and O–H groups in total. The fourth-order valence-electron chi connectivity index (χ4n) is 2.50. The lowest BCUT2D eigenvalue weighted by atomic mass is 10.0. The van der Waals surface area contributed by atoms with Crippen LogP contribution in [0.2, 0.25) is 0 Å². The average Bonchev–Trinajstić information content (AvgIpc) is 2.64. The van der Waals surface area contributed by atoms with E-state index in [1.807, 2.05) is 37.3 Å². The van der Waals surface area contributed by atoms with Crippen LogP contribution in [0.1, 0.15) is 18.4 Å². The van der Waals surface area contributed by atoms with Crippen molar-refractivity contribution in [2.24, 2.45) is 0 Å². The highest BCUT2D eigenvalue weighted by atomic mass is 32.2. The molecule has 1 amide bonds. The number of methoxy groups -OCH3 is 1. The third kappa shape index (κ3) is 5.49. The first-order valence-electron chi connectivity index (χ1n) is 8.24. The average molecular weight is 376 g/mol. The Hall–Kier alpha value is -2.54. The van der Waals surface area contributed by atoms with Crippen LogP contribution >= 0.6 is 0 Å². The third-order valence-electron chi connectivity index (χ3n) is 4.02. The Balaban J connectivity index is 2.02. The van der Waals surface area contributed by atoms with Gasteiger partial charge in [0.25, 0.3) is 0 Å². The van der Waals surface area contributed by atoms with E-state index in [4.69, 9.17) is 4.74 Å². The van der Waals surface area contributed by atoms with Crippen LogP contribution < -0.4 is 14.4 Å². The molecule has 7 heteroatoms. The minimum Gasteiger partial charge on any atom is -0.497 e. The fraction of sp³-hybridized carbons (Fsp3) is 0.316. The van der Waals surface area contributed by atoms with Crippen LogP contribution in [0.4, 0.5) is 5.69 Å². The second kappa shape index (κ2) is 8.71. The second-order valence-electron chi connectivity index (χ2n) is 6.08. The van der Waals surface area contributed by atoms with Crippen LogP contribution in [0.5, 0.6) is 5.75 Å². The van der Waals surface area contributed by atoms with Crippen molar-refractivity contribution < 1.29 is 17.9 Å². The summed E-state index contributed by atoms with van der Waals surface area (Å²) in [6.07, 6.45) is 1.08. The van der Waals surface area contributed by atoms with Crippen molar-refractivity contribution >= 4 is 21.6 Å². The van der Waals surface area contributed by atoms with E-state index in [0.717, 1.165) is 16.1 Å². The first kappa shape index (κ1) is 19.8. The maximum atomic E-state index is 12.3. The van der Waals surface area contributed by atoms with E-state index < -0.39 is 10.0 Å². The largest absolute Gasteiger partial charge is 0.497 e. The maximum Gasteiger partial charge on any atom is 0.240 e. The summed E-state index contributed by atoms with van der Waals surface area (Å²) >= 11 is 0. The number of benzene rings is 2. The number of rotatable bonds is 8. The van der Waals surface area contributed by atoms with Gasteiger partial charge >= 0.3 is 0 Å². The minimum absolute atomic E-state index is 0.132. The zero-order chi connectivity index (χ0) is 19.2. The zero-order valence-corrected chi connectivity index (χ0v) is 16.0. The van der Waals surface area contributed by atoms with Crippen LogP contribution in [0, 0.1) is 0 Å². The van der Waals surface area contributed by atoms with Gasteiger partial charge < -0.3 is 10.1 Å². The molecule has 0 unspecified atom stereocenters. The Morgan fingerprint density at radius 3 is 2.27 bits per heavy atom. The number of ether oxygens (including phenoxy) is 1. The van der Waals surface area contributed by atoms with Gasteiger partial charge in [-0.2, -0.15) is 0 Å². The van der Waals surface area contributed by atoms with Gasteiger partial charge in [-0.3, -0.25) is 9.10 Å². The lowest BCUT2D eigenvalue weighted by Gasteiger charge is -2.22. The van der Waals surface area contributed by atoms with Crippen molar-refractivity contribution in [3.05, 3.63) is 60.2 Å². The lowest BCUT2D eigenvalue weighted by Crippen LogP contribution is -2.41. The van der Waals surface area contributed by atoms with Gasteiger partial charge in [0, 0.05) is 6.54 Å². The van der Waals surface area contributed by atoms with Crippen LogP contribution in [-0.2, 0) is 14.8 Å². The van der Waals surface area contributed by atoms with Crippen LogP contribution in [0.15, 0.2) is 54.6 Å². The number of hydrogen-bond donors (Lipinski definition) is 1. The maximum absolute atomic E-state index is 12.3. The first-order chi connectivity index (χ1) is 12.3. The Morgan fingerprint density at radius 1 is 1.12 bits per heavy atom. The quantitative estimate of drug-likeness (QED) is 0.767. The standard InChI is InChI=1S/C19H24N2O4S/c1-15(16-7-5-4-6-8-16)13-20-19(22)14-21(26(3,23)24)17-9-11-18(25-2)12-10-17/h4-12,15H,13-14H2,1-3H3,(H,20,22)/t15-/m1/s1. The summed E-state index contributed by atoms with van der Waals surface area (Å²) in [7, 11) is -2.06. The van der Waals surface area contributed by atoms with Gasteiger partial charge in [0.2, 0.25) is 15.9 Å². The van der Waals surface area contributed by atoms with Crippen molar-refractivity contribution in [1.29, 1.82) is 0 Å². The van der Waals surface area contributed by atoms with Crippen molar-refractivity contribution in [1.82, 2.24) is 5.32 Å². The molecule has 0 aliphatic rings. The number of carbonyl (C=O) groups is 1. The van der Waals surface area contributed by atoms with Crippen molar-refractivity contribution in [2.45, 2.75) is 12.8 Å². The molecule has 0 saturated heterocycles. The summed E-state index contributed by atoms with van der Waals surface area (Å²) in [5.74, 6) is 0.394. The molecule has 0 bridgehead atoms. The second-order valence-corrected chi connectivity index (χ2v) is 7.99. The molecule has 0 aromatic heterocycles. The van der Waals surface area contributed by atoms with Gasteiger partial charge in [-0.05, 0) is 35.7 Å². The van der Waals surface area contributed by atoms with Crippen LogP contribution in [0.25, 0.3) is 0 Å². The number of amides is 1. The monoisotopic (exact) mass is 376 g/mol.